The zero-order valence-corrected chi connectivity index (χ0v) is 33.6. The van der Waals surface area contributed by atoms with Gasteiger partial charge in [-0.25, -0.2) is 0 Å². The van der Waals surface area contributed by atoms with Gasteiger partial charge in [0.05, 0.1) is 6.10 Å². The van der Waals surface area contributed by atoms with Crippen molar-refractivity contribution in [2.45, 2.75) is 224 Å². The number of hydrogen-bond donors (Lipinski definition) is 4. The fourth-order valence-corrected chi connectivity index (χ4v) is 6.89. The van der Waals surface area contributed by atoms with E-state index in [0.29, 0.717) is 32.6 Å². The number of aliphatic hydroxyl groups is 2. The maximum atomic E-state index is 9.79. The Kier molecular flexibility index (Phi) is 38.8. The van der Waals surface area contributed by atoms with Crippen molar-refractivity contribution in [2.24, 2.45) is 11.5 Å². The predicted octanol–water partition coefficient (Wildman–Crippen LogP) is 11.3. The fraction of sp³-hybridized carbons (Fsp3) is 0.909. The van der Waals surface area contributed by atoms with Crippen molar-refractivity contribution < 1.29 is 19.7 Å². The van der Waals surface area contributed by atoms with Gasteiger partial charge in [-0.05, 0) is 77.0 Å². The Morgan fingerprint density at radius 1 is 0.480 bits per heavy atom. The van der Waals surface area contributed by atoms with E-state index in [2.05, 4.69) is 38.2 Å². The van der Waals surface area contributed by atoms with Crippen molar-refractivity contribution >= 4 is 0 Å². The molecule has 6 N–H and O–H groups in total. The van der Waals surface area contributed by atoms with Gasteiger partial charge in [0.25, 0.3) is 0 Å². The molecular formula is C44H88N2O4. The Labute approximate surface area is 312 Å². The second-order valence-electron chi connectivity index (χ2n) is 15.0. The molecule has 2 unspecified atom stereocenters. The Balaban J connectivity index is 4.22. The third-order valence-corrected chi connectivity index (χ3v) is 10.2. The summed E-state index contributed by atoms with van der Waals surface area (Å²) in [4.78, 5) is 0. The monoisotopic (exact) mass is 709 g/mol. The molecule has 0 aliphatic heterocycles. The Morgan fingerprint density at radius 3 is 1.14 bits per heavy atom. The molecule has 0 fully saturated rings. The number of ether oxygens (including phenoxy) is 2. The van der Waals surface area contributed by atoms with Crippen LogP contribution in [0.1, 0.15) is 206 Å². The van der Waals surface area contributed by atoms with Crippen LogP contribution in [0, 0.1) is 0 Å². The molecule has 0 aromatic rings. The van der Waals surface area contributed by atoms with Gasteiger partial charge >= 0.3 is 0 Å². The first-order valence-corrected chi connectivity index (χ1v) is 21.8. The van der Waals surface area contributed by atoms with E-state index in [4.69, 9.17) is 20.9 Å². The zero-order chi connectivity index (χ0) is 36.6. The number of unbranched alkanes of at least 4 members (excludes halogenated alkanes) is 24. The molecule has 0 amide bonds. The molecule has 0 aliphatic carbocycles. The molecule has 50 heavy (non-hydrogen) atoms. The maximum Gasteiger partial charge on any atom is 0.103 e. The lowest BCUT2D eigenvalue weighted by molar-refractivity contribution is -0.110. The summed E-state index contributed by atoms with van der Waals surface area (Å²) in [6.45, 7) is 5.96. The van der Waals surface area contributed by atoms with Gasteiger partial charge in [0, 0.05) is 38.5 Å². The Morgan fingerprint density at radius 2 is 0.800 bits per heavy atom. The van der Waals surface area contributed by atoms with Crippen LogP contribution in [0.3, 0.4) is 0 Å². The topological polar surface area (TPSA) is 111 Å². The zero-order valence-electron chi connectivity index (χ0n) is 33.6. The molecule has 0 aromatic heterocycles. The first-order chi connectivity index (χ1) is 24.6. The molecule has 0 saturated carbocycles. The average molecular weight is 709 g/mol. The number of allylic oxidation sites excluding steroid dienone is 4. The second-order valence-corrected chi connectivity index (χ2v) is 15.0. The standard InChI is InChI=1S/C44H88N2O4/c1-3-5-7-9-11-13-15-17-19-21-23-25-27-29-31-33-39-49-42(41-45)43(44(46,35-37-47)36-38-48)50-40-34-32-30-28-26-24-22-20-18-16-14-12-10-8-6-4-2/h17-20,42-43,47-48H,3-16,21-41,45-46H2,1-2H3. The van der Waals surface area contributed by atoms with E-state index in [9.17, 15) is 10.2 Å². The van der Waals surface area contributed by atoms with Gasteiger partial charge in [0.15, 0.2) is 0 Å². The van der Waals surface area contributed by atoms with Crippen LogP contribution < -0.4 is 11.5 Å². The van der Waals surface area contributed by atoms with Crippen LogP contribution in [0.15, 0.2) is 24.3 Å². The van der Waals surface area contributed by atoms with Crippen LogP contribution in [0.2, 0.25) is 0 Å². The maximum absolute atomic E-state index is 9.79. The van der Waals surface area contributed by atoms with Crippen LogP contribution in [0.5, 0.6) is 0 Å². The van der Waals surface area contributed by atoms with Gasteiger partial charge < -0.3 is 31.2 Å². The SMILES string of the molecule is CCCCCCCCC=CCCCCCCCCOC(CN)C(OCCCCCCCCC=CCCCCCCCC)C(N)(CCO)CCO. The number of rotatable bonds is 41. The van der Waals surface area contributed by atoms with Crippen LogP contribution in [0.4, 0.5) is 0 Å². The van der Waals surface area contributed by atoms with Gasteiger partial charge in [-0.15, -0.1) is 0 Å². The van der Waals surface area contributed by atoms with Crippen LogP contribution >= 0.6 is 0 Å². The van der Waals surface area contributed by atoms with Crippen LogP contribution in [0.25, 0.3) is 0 Å². The Bertz CT molecular complexity index is 710. The van der Waals surface area contributed by atoms with Gasteiger partial charge in [0.1, 0.15) is 6.10 Å². The van der Waals surface area contributed by atoms with Crippen molar-refractivity contribution in [3.63, 3.8) is 0 Å². The minimum Gasteiger partial charge on any atom is -0.396 e. The molecule has 0 bridgehead atoms. The Hall–Kier alpha value is -0.760. The highest BCUT2D eigenvalue weighted by atomic mass is 16.5. The molecule has 0 rings (SSSR count). The van der Waals surface area contributed by atoms with E-state index in [1.807, 2.05) is 0 Å². The van der Waals surface area contributed by atoms with Gasteiger partial charge in [-0.2, -0.15) is 0 Å². The summed E-state index contributed by atoms with van der Waals surface area (Å²) < 4.78 is 12.7. The largest absolute Gasteiger partial charge is 0.396 e. The minimum absolute atomic E-state index is 0.0587. The van der Waals surface area contributed by atoms with E-state index in [1.54, 1.807) is 0 Å². The van der Waals surface area contributed by atoms with Crippen molar-refractivity contribution in [3.8, 4) is 0 Å². The molecule has 0 aliphatic rings. The summed E-state index contributed by atoms with van der Waals surface area (Å²) >= 11 is 0. The minimum atomic E-state index is -0.876. The summed E-state index contributed by atoms with van der Waals surface area (Å²) in [7, 11) is 0. The molecule has 0 saturated heterocycles. The van der Waals surface area contributed by atoms with E-state index >= 15 is 0 Å². The first kappa shape index (κ1) is 49.2. The van der Waals surface area contributed by atoms with Gasteiger partial charge in [0.2, 0.25) is 0 Å². The lowest BCUT2D eigenvalue weighted by Gasteiger charge is -2.41. The number of aliphatic hydroxyl groups excluding tert-OH is 2. The molecule has 0 heterocycles. The fourth-order valence-electron chi connectivity index (χ4n) is 6.89. The summed E-state index contributed by atoms with van der Waals surface area (Å²) in [5.41, 5.74) is 12.1. The van der Waals surface area contributed by atoms with Crippen molar-refractivity contribution in [3.05, 3.63) is 24.3 Å². The number of nitrogens with two attached hydrogens (primary N) is 2. The smallest absolute Gasteiger partial charge is 0.103 e. The number of hydrogen-bond acceptors (Lipinski definition) is 6. The van der Waals surface area contributed by atoms with Crippen molar-refractivity contribution in [1.82, 2.24) is 0 Å². The summed E-state index contributed by atoms with van der Waals surface area (Å²) in [5, 5.41) is 19.6. The van der Waals surface area contributed by atoms with Crippen molar-refractivity contribution in [1.29, 1.82) is 0 Å². The summed E-state index contributed by atoms with van der Waals surface area (Å²) in [6, 6.07) is 0. The third kappa shape index (κ3) is 30.8. The molecule has 2 atom stereocenters. The molecule has 6 nitrogen and oxygen atoms in total. The van der Waals surface area contributed by atoms with Gasteiger partial charge in [-0.1, -0.05) is 154 Å². The highest BCUT2D eigenvalue weighted by molar-refractivity contribution is 4.97. The summed E-state index contributed by atoms with van der Waals surface area (Å²) in [5.74, 6) is 0. The molecule has 0 radical (unpaired) electrons. The molecule has 298 valence electrons. The van der Waals surface area contributed by atoms with Gasteiger partial charge in [-0.3, -0.25) is 0 Å². The van der Waals surface area contributed by atoms with E-state index in [0.717, 1.165) is 25.7 Å². The predicted molar refractivity (Wildman–Crippen MR) is 218 cm³/mol. The van der Waals surface area contributed by atoms with E-state index < -0.39 is 11.6 Å². The lowest BCUT2D eigenvalue weighted by atomic mass is 9.83. The second kappa shape index (κ2) is 39.4. The van der Waals surface area contributed by atoms with Crippen LogP contribution in [-0.2, 0) is 9.47 Å². The molecular weight excluding hydrogens is 620 g/mol. The summed E-state index contributed by atoms with van der Waals surface area (Å²) in [6.07, 6.45) is 45.1. The molecule has 0 aromatic carbocycles. The highest BCUT2D eigenvalue weighted by Crippen LogP contribution is 2.25. The lowest BCUT2D eigenvalue weighted by Crippen LogP contribution is -2.60. The van der Waals surface area contributed by atoms with E-state index in [-0.39, 0.29) is 19.3 Å². The van der Waals surface area contributed by atoms with Crippen molar-refractivity contribution in [2.75, 3.05) is 33.0 Å². The quantitative estimate of drug-likeness (QED) is 0.0372. The molecule has 6 heteroatoms. The normalized spacial score (nSPS) is 13.6. The highest BCUT2D eigenvalue weighted by Gasteiger charge is 2.40. The van der Waals surface area contributed by atoms with E-state index in [1.165, 1.54) is 154 Å². The first-order valence-electron chi connectivity index (χ1n) is 21.8. The average Bonchev–Trinajstić information content (AvgIpc) is 3.11. The molecule has 0 spiro atoms. The third-order valence-electron chi connectivity index (χ3n) is 10.2. The van der Waals surface area contributed by atoms with Crippen LogP contribution in [-0.4, -0.2) is 60.9 Å².